The standard InChI is InChI=1S/C18H28N2O/c1-15-5-4-8-17(13-15)20-11-9-19(10-12-20)14-18(21)16-6-2-3-7-16/h4-5,8,13,16,18,21H,2-3,6-7,9-12,14H2,1H3. The van der Waals surface area contributed by atoms with Gasteiger partial charge >= 0.3 is 0 Å². The fourth-order valence-electron chi connectivity index (χ4n) is 3.77. The highest BCUT2D eigenvalue weighted by Gasteiger charge is 2.26. The Morgan fingerprint density at radius 3 is 2.52 bits per heavy atom. The Balaban J connectivity index is 1.48. The summed E-state index contributed by atoms with van der Waals surface area (Å²) in [6.45, 7) is 7.29. The fourth-order valence-corrected chi connectivity index (χ4v) is 3.77. The van der Waals surface area contributed by atoms with Gasteiger partial charge in [0.05, 0.1) is 6.10 Å². The van der Waals surface area contributed by atoms with Crippen LogP contribution in [0.4, 0.5) is 5.69 Å². The smallest absolute Gasteiger partial charge is 0.0695 e. The van der Waals surface area contributed by atoms with Gasteiger partial charge in [0, 0.05) is 38.4 Å². The summed E-state index contributed by atoms with van der Waals surface area (Å²) in [5.74, 6) is 0.555. The molecule has 0 aromatic heterocycles. The molecule has 0 radical (unpaired) electrons. The molecule has 1 heterocycles. The number of anilines is 1. The molecule has 116 valence electrons. The molecule has 3 nitrogen and oxygen atoms in total. The molecule has 1 aromatic carbocycles. The molecule has 2 fully saturated rings. The Hall–Kier alpha value is -1.06. The first-order valence-corrected chi connectivity index (χ1v) is 8.44. The molecule has 21 heavy (non-hydrogen) atoms. The first-order valence-electron chi connectivity index (χ1n) is 8.44. The van der Waals surface area contributed by atoms with Gasteiger partial charge in [0.2, 0.25) is 0 Å². The van der Waals surface area contributed by atoms with E-state index in [1.54, 1.807) is 0 Å². The van der Waals surface area contributed by atoms with E-state index in [0.29, 0.717) is 5.92 Å². The third-order valence-electron chi connectivity index (χ3n) is 5.13. The van der Waals surface area contributed by atoms with Gasteiger partial charge < -0.3 is 10.0 Å². The predicted octanol–water partition coefficient (Wildman–Crippen LogP) is 2.67. The number of hydrogen-bond donors (Lipinski definition) is 1. The van der Waals surface area contributed by atoms with E-state index in [1.165, 1.54) is 36.9 Å². The monoisotopic (exact) mass is 288 g/mol. The highest BCUT2D eigenvalue weighted by molar-refractivity contribution is 5.48. The zero-order chi connectivity index (χ0) is 14.7. The minimum Gasteiger partial charge on any atom is -0.392 e. The van der Waals surface area contributed by atoms with E-state index in [-0.39, 0.29) is 6.10 Å². The summed E-state index contributed by atoms with van der Waals surface area (Å²) < 4.78 is 0. The fraction of sp³-hybridized carbons (Fsp3) is 0.667. The van der Waals surface area contributed by atoms with E-state index in [9.17, 15) is 5.11 Å². The van der Waals surface area contributed by atoms with Gasteiger partial charge in [0.1, 0.15) is 0 Å². The van der Waals surface area contributed by atoms with Gasteiger partial charge in [-0.3, -0.25) is 4.90 Å². The Kier molecular flexibility index (Phi) is 4.81. The van der Waals surface area contributed by atoms with Gasteiger partial charge in [-0.2, -0.15) is 0 Å². The Bertz CT molecular complexity index is 448. The lowest BCUT2D eigenvalue weighted by molar-refractivity contribution is 0.0636. The molecule has 3 rings (SSSR count). The Labute approximate surface area is 128 Å². The zero-order valence-corrected chi connectivity index (χ0v) is 13.2. The average Bonchev–Trinajstić information content (AvgIpc) is 3.02. The van der Waals surface area contributed by atoms with Gasteiger partial charge in [-0.05, 0) is 43.4 Å². The summed E-state index contributed by atoms with van der Waals surface area (Å²) in [6, 6.07) is 8.76. The van der Waals surface area contributed by atoms with Crippen LogP contribution in [0.2, 0.25) is 0 Å². The third kappa shape index (κ3) is 3.78. The molecule has 0 amide bonds. The number of hydrogen-bond acceptors (Lipinski definition) is 3. The summed E-state index contributed by atoms with van der Waals surface area (Å²) in [6.07, 6.45) is 4.96. The van der Waals surface area contributed by atoms with Crippen molar-refractivity contribution in [3.8, 4) is 0 Å². The van der Waals surface area contributed by atoms with Crippen LogP contribution in [-0.4, -0.2) is 48.8 Å². The molecule has 1 saturated heterocycles. The first-order chi connectivity index (χ1) is 10.2. The molecule has 1 aromatic rings. The lowest BCUT2D eigenvalue weighted by atomic mass is 10.0. The molecule has 1 unspecified atom stereocenters. The van der Waals surface area contributed by atoms with Crippen molar-refractivity contribution < 1.29 is 5.11 Å². The molecule has 3 heteroatoms. The van der Waals surface area contributed by atoms with E-state index in [4.69, 9.17) is 0 Å². The summed E-state index contributed by atoms with van der Waals surface area (Å²) in [4.78, 5) is 4.90. The Morgan fingerprint density at radius 2 is 1.86 bits per heavy atom. The second-order valence-electron chi connectivity index (χ2n) is 6.74. The number of rotatable bonds is 4. The SMILES string of the molecule is Cc1cccc(N2CCN(CC(O)C3CCCC3)CC2)c1. The minimum absolute atomic E-state index is 0.113. The second kappa shape index (κ2) is 6.80. The highest BCUT2D eigenvalue weighted by atomic mass is 16.3. The maximum Gasteiger partial charge on any atom is 0.0695 e. The van der Waals surface area contributed by atoms with Gasteiger partial charge in [-0.15, -0.1) is 0 Å². The summed E-state index contributed by atoms with van der Waals surface area (Å²) >= 11 is 0. The van der Waals surface area contributed by atoms with Crippen molar-refractivity contribution in [2.45, 2.75) is 38.7 Å². The molecular formula is C18H28N2O. The van der Waals surface area contributed by atoms with Crippen molar-refractivity contribution >= 4 is 5.69 Å². The van der Waals surface area contributed by atoms with Crippen LogP contribution in [0.25, 0.3) is 0 Å². The Morgan fingerprint density at radius 1 is 1.14 bits per heavy atom. The zero-order valence-electron chi connectivity index (χ0n) is 13.2. The lowest BCUT2D eigenvalue weighted by Gasteiger charge is -2.37. The second-order valence-corrected chi connectivity index (χ2v) is 6.74. The van der Waals surface area contributed by atoms with Crippen molar-refractivity contribution in [2.75, 3.05) is 37.6 Å². The number of aryl methyl sites for hydroxylation is 1. The van der Waals surface area contributed by atoms with Gasteiger partial charge in [0.25, 0.3) is 0 Å². The number of β-amino-alcohol motifs (C(OH)–C–C–N with tert-alkyl or cyclic N) is 1. The van der Waals surface area contributed by atoms with Crippen LogP contribution in [-0.2, 0) is 0 Å². The maximum atomic E-state index is 10.4. The normalized spacial score (nSPS) is 22.7. The third-order valence-corrected chi connectivity index (χ3v) is 5.13. The van der Waals surface area contributed by atoms with Crippen molar-refractivity contribution in [3.05, 3.63) is 29.8 Å². The molecule has 1 aliphatic heterocycles. The van der Waals surface area contributed by atoms with Crippen LogP contribution in [0, 0.1) is 12.8 Å². The molecule has 1 N–H and O–H groups in total. The van der Waals surface area contributed by atoms with Crippen LogP contribution < -0.4 is 4.90 Å². The molecule has 0 spiro atoms. The largest absolute Gasteiger partial charge is 0.392 e. The van der Waals surface area contributed by atoms with Crippen LogP contribution in [0.1, 0.15) is 31.2 Å². The quantitative estimate of drug-likeness (QED) is 0.923. The number of benzene rings is 1. The summed E-state index contributed by atoms with van der Waals surface area (Å²) in [7, 11) is 0. The van der Waals surface area contributed by atoms with Gasteiger partial charge in [0.15, 0.2) is 0 Å². The summed E-state index contributed by atoms with van der Waals surface area (Å²) in [5.41, 5.74) is 2.66. The highest BCUT2D eigenvalue weighted by Crippen LogP contribution is 2.28. The molecule has 0 bridgehead atoms. The predicted molar refractivity (Wildman–Crippen MR) is 87.8 cm³/mol. The van der Waals surface area contributed by atoms with Crippen molar-refractivity contribution in [1.29, 1.82) is 0 Å². The van der Waals surface area contributed by atoms with Crippen molar-refractivity contribution in [2.24, 2.45) is 5.92 Å². The number of nitrogens with zero attached hydrogens (tertiary/aromatic N) is 2. The molecule has 1 saturated carbocycles. The molecular weight excluding hydrogens is 260 g/mol. The van der Waals surface area contributed by atoms with Crippen molar-refractivity contribution in [1.82, 2.24) is 4.90 Å². The van der Waals surface area contributed by atoms with Gasteiger partial charge in [-0.1, -0.05) is 25.0 Å². The number of aliphatic hydroxyl groups is 1. The van der Waals surface area contributed by atoms with Crippen LogP contribution in [0.3, 0.4) is 0 Å². The van der Waals surface area contributed by atoms with Crippen LogP contribution in [0.15, 0.2) is 24.3 Å². The summed E-state index contributed by atoms with van der Waals surface area (Å²) in [5, 5.41) is 10.4. The lowest BCUT2D eigenvalue weighted by Crippen LogP contribution is -2.49. The van der Waals surface area contributed by atoms with E-state index >= 15 is 0 Å². The van der Waals surface area contributed by atoms with E-state index < -0.39 is 0 Å². The average molecular weight is 288 g/mol. The van der Waals surface area contributed by atoms with Crippen molar-refractivity contribution in [3.63, 3.8) is 0 Å². The minimum atomic E-state index is -0.113. The van der Waals surface area contributed by atoms with Crippen LogP contribution >= 0.6 is 0 Å². The number of aliphatic hydroxyl groups excluding tert-OH is 1. The molecule has 2 aliphatic rings. The molecule has 1 aliphatic carbocycles. The van der Waals surface area contributed by atoms with E-state index in [1.807, 2.05) is 0 Å². The molecule has 1 atom stereocenters. The first kappa shape index (κ1) is 14.9. The van der Waals surface area contributed by atoms with E-state index in [2.05, 4.69) is 41.0 Å². The maximum absolute atomic E-state index is 10.4. The number of piperazine rings is 1. The van der Waals surface area contributed by atoms with Gasteiger partial charge in [-0.25, -0.2) is 0 Å². The van der Waals surface area contributed by atoms with E-state index in [0.717, 1.165) is 32.7 Å². The topological polar surface area (TPSA) is 26.7 Å². The van der Waals surface area contributed by atoms with Crippen LogP contribution in [0.5, 0.6) is 0 Å².